The molecule has 2 aromatic carbocycles. The van der Waals surface area contributed by atoms with Crippen LogP contribution in [0.4, 0.5) is 0 Å². The fourth-order valence-electron chi connectivity index (χ4n) is 3.49. The van der Waals surface area contributed by atoms with E-state index < -0.39 is 0 Å². The lowest BCUT2D eigenvalue weighted by molar-refractivity contribution is -0.0165. The molecule has 3 nitrogen and oxygen atoms in total. The van der Waals surface area contributed by atoms with Crippen molar-refractivity contribution in [2.45, 2.75) is 18.7 Å². The van der Waals surface area contributed by atoms with Gasteiger partial charge < -0.3 is 4.74 Å². The van der Waals surface area contributed by atoms with Crippen molar-refractivity contribution < 1.29 is 4.74 Å². The molecule has 0 spiro atoms. The third-order valence-corrected chi connectivity index (χ3v) is 6.11. The predicted molar refractivity (Wildman–Crippen MR) is 106 cm³/mol. The van der Waals surface area contributed by atoms with Gasteiger partial charge in [-0.05, 0) is 47.3 Å². The average Bonchev–Trinajstić information content (AvgIpc) is 3.32. The van der Waals surface area contributed by atoms with Crippen LogP contribution in [-0.2, 0) is 0 Å². The Morgan fingerprint density at radius 3 is 2.62 bits per heavy atom. The number of halogens is 2. The molecule has 130 valence electrons. The molecule has 0 saturated carbocycles. The summed E-state index contributed by atoms with van der Waals surface area (Å²) in [6.07, 6.45) is 0.582. The fourth-order valence-corrected chi connectivity index (χ4v) is 4.54. The van der Waals surface area contributed by atoms with Crippen LogP contribution in [0.15, 0.2) is 65.1 Å². The number of nitrogens with zero attached hydrogens (tertiary/aromatic N) is 2. The van der Waals surface area contributed by atoms with E-state index in [1.54, 1.807) is 11.3 Å². The normalized spacial score (nSPS) is 21.0. The Kier molecular flexibility index (Phi) is 3.92. The molecule has 5 rings (SSSR count). The molecule has 0 unspecified atom stereocenters. The van der Waals surface area contributed by atoms with Gasteiger partial charge in [0.25, 0.3) is 0 Å². The van der Waals surface area contributed by atoms with E-state index in [0.717, 1.165) is 38.9 Å². The van der Waals surface area contributed by atoms with Crippen LogP contribution in [0.2, 0.25) is 10.0 Å². The second-order valence-electron chi connectivity index (χ2n) is 6.32. The van der Waals surface area contributed by atoms with Crippen LogP contribution in [0.25, 0.3) is 0 Å². The van der Waals surface area contributed by atoms with Crippen molar-refractivity contribution in [2.24, 2.45) is 5.10 Å². The van der Waals surface area contributed by atoms with E-state index in [0.29, 0.717) is 5.02 Å². The smallest absolute Gasteiger partial charge is 0.222 e. The first-order valence-corrected chi connectivity index (χ1v) is 9.94. The van der Waals surface area contributed by atoms with Gasteiger partial charge in [0.05, 0.1) is 16.6 Å². The molecule has 26 heavy (non-hydrogen) atoms. The summed E-state index contributed by atoms with van der Waals surface area (Å²) in [5.41, 5.74) is 3.19. The van der Waals surface area contributed by atoms with Gasteiger partial charge in [-0.2, -0.15) is 5.10 Å². The quantitative estimate of drug-likeness (QED) is 0.504. The van der Waals surface area contributed by atoms with Crippen LogP contribution in [0.5, 0.6) is 5.75 Å². The SMILES string of the molecule is Clc1ccc(C2=NN3[C@@H](c4cccs4)Oc4ccc(Cl)cc4[C@@H]3C2)cc1. The number of fused-ring (bicyclic) bond motifs is 3. The molecule has 2 aliphatic heterocycles. The van der Waals surface area contributed by atoms with Crippen molar-refractivity contribution in [3.8, 4) is 5.75 Å². The fraction of sp³-hybridized carbons (Fsp3) is 0.150. The Bertz CT molecular complexity index is 986. The van der Waals surface area contributed by atoms with Crippen LogP contribution in [0, 0.1) is 0 Å². The minimum absolute atomic E-state index is 0.107. The van der Waals surface area contributed by atoms with Gasteiger partial charge in [0.15, 0.2) is 0 Å². The van der Waals surface area contributed by atoms with Gasteiger partial charge in [0.1, 0.15) is 5.75 Å². The topological polar surface area (TPSA) is 24.8 Å². The molecule has 0 N–H and O–H groups in total. The zero-order chi connectivity index (χ0) is 17.7. The summed E-state index contributed by atoms with van der Waals surface area (Å²) in [6.45, 7) is 0. The molecule has 0 bridgehead atoms. The Labute approximate surface area is 165 Å². The highest BCUT2D eigenvalue weighted by Gasteiger charge is 2.41. The first-order valence-electron chi connectivity index (χ1n) is 8.30. The van der Waals surface area contributed by atoms with Crippen molar-refractivity contribution in [1.82, 2.24) is 5.01 Å². The molecular formula is C20H14Cl2N2OS. The van der Waals surface area contributed by atoms with Gasteiger partial charge in [-0.1, -0.05) is 41.4 Å². The molecule has 2 atom stereocenters. The monoisotopic (exact) mass is 400 g/mol. The number of rotatable bonds is 2. The summed E-state index contributed by atoms with van der Waals surface area (Å²) in [5, 5.41) is 10.5. The van der Waals surface area contributed by atoms with Crippen molar-refractivity contribution in [1.29, 1.82) is 0 Å². The van der Waals surface area contributed by atoms with Gasteiger partial charge in [-0.25, -0.2) is 5.01 Å². The van der Waals surface area contributed by atoms with Gasteiger partial charge in [-0.3, -0.25) is 0 Å². The zero-order valence-electron chi connectivity index (χ0n) is 13.6. The van der Waals surface area contributed by atoms with Crippen LogP contribution >= 0.6 is 34.5 Å². The van der Waals surface area contributed by atoms with E-state index in [9.17, 15) is 0 Å². The first kappa shape index (κ1) is 16.2. The molecule has 0 radical (unpaired) electrons. The van der Waals surface area contributed by atoms with E-state index in [1.165, 1.54) is 0 Å². The molecular weight excluding hydrogens is 387 g/mol. The lowest BCUT2D eigenvalue weighted by Gasteiger charge is -2.37. The second kappa shape index (κ2) is 6.31. The van der Waals surface area contributed by atoms with Crippen molar-refractivity contribution in [3.63, 3.8) is 0 Å². The van der Waals surface area contributed by atoms with Gasteiger partial charge in [0, 0.05) is 22.0 Å². The summed E-state index contributed by atoms with van der Waals surface area (Å²) in [5.74, 6) is 0.876. The van der Waals surface area contributed by atoms with Gasteiger partial charge in [0.2, 0.25) is 6.23 Å². The highest BCUT2D eigenvalue weighted by Crippen LogP contribution is 2.48. The van der Waals surface area contributed by atoms with E-state index in [-0.39, 0.29) is 12.3 Å². The molecule has 6 heteroatoms. The van der Waals surface area contributed by atoms with Crippen molar-refractivity contribution >= 4 is 40.3 Å². The van der Waals surface area contributed by atoms with Crippen LogP contribution in [-0.4, -0.2) is 10.7 Å². The van der Waals surface area contributed by atoms with Crippen molar-refractivity contribution in [3.05, 3.63) is 86.0 Å². The Balaban J connectivity index is 1.60. The molecule has 2 aliphatic rings. The number of benzene rings is 2. The number of hydrazone groups is 1. The third kappa shape index (κ3) is 2.69. The molecule has 0 aliphatic carbocycles. The Morgan fingerprint density at radius 2 is 1.85 bits per heavy atom. The standard InChI is InChI=1S/C20H14Cl2N2OS/c21-13-5-3-12(4-6-13)16-11-17-15-10-14(22)7-8-18(15)25-20(24(17)23-16)19-2-1-9-26-19/h1-10,17,20H,11H2/t17-,20+/m0/s1. The van der Waals surface area contributed by atoms with E-state index in [2.05, 4.69) is 16.5 Å². The molecule has 0 amide bonds. The summed E-state index contributed by atoms with van der Waals surface area (Å²) >= 11 is 14.0. The number of thiophene rings is 1. The minimum atomic E-state index is -0.224. The largest absolute Gasteiger partial charge is 0.464 e. The maximum atomic E-state index is 6.30. The zero-order valence-corrected chi connectivity index (χ0v) is 15.9. The third-order valence-electron chi connectivity index (χ3n) is 4.72. The highest BCUT2D eigenvalue weighted by atomic mass is 35.5. The molecule has 3 aromatic rings. The summed E-state index contributed by atoms with van der Waals surface area (Å²) < 4.78 is 6.30. The van der Waals surface area contributed by atoms with E-state index in [1.807, 2.05) is 48.5 Å². The average molecular weight is 401 g/mol. The Hall–Kier alpha value is -2.01. The van der Waals surface area contributed by atoms with E-state index >= 15 is 0 Å². The lowest BCUT2D eigenvalue weighted by Crippen LogP contribution is -2.33. The Morgan fingerprint density at radius 1 is 1.04 bits per heavy atom. The van der Waals surface area contributed by atoms with Crippen molar-refractivity contribution in [2.75, 3.05) is 0 Å². The van der Waals surface area contributed by atoms with Gasteiger partial charge in [-0.15, -0.1) is 11.3 Å². The number of ether oxygens (including phenoxy) is 1. The van der Waals surface area contributed by atoms with Gasteiger partial charge >= 0.3 is 0 Å². The van der Waals surface area contributed by atoms with Crippen LogP contribution in [0.3, 0.4) is 0 Å². The molecule has 3 heterocycles. The maximum absolute atomic E-state index is 6.30. The number of hydrogen-bond acceptors (Lipinski definition) is 4. The van der Waals surface area contributed by atoms with Crippen LogP contribution in [0.1, 0.15) is 34.7 Å². The summed E-state index contributed by atoms with van der Waals surface area (Å²) in [4.78, 5) is 1.14. The number of hydrogen-bond donors (Lipinski definition) is 0. The molecule has 0 saturated heterocycles. The second-order valence-corrected chi connectivity index (χ2v) is 8.17. The maximum Gasteiger partial charge on any atom is 0.222 e. The molecule has 1 aromatic heterocycles. The minimum Gasteiger partial charge on any atom is -0.464 e. The predicted octanol–water partition coefficient (Wildman–Crippen LogP) is 6.30. The summed E-state index contributed by atoms with van der Waals surface area (Å²) in [6, 6.07) is 17.9. The lowest BCUT2D eigenvalue weighted by atomic mass is 9.96. The summed E-state index contributed by atoms with van der Waals surface area (Å²) in [7, 11) is 0. The van der Waals surface area contributed by atoms with Crippen LogP contribution < -0.4 is 4.74 Å². The highest BCUT2D eigenvalue weighted by molar-refractivity contribution is 7.10. The molecule has 0 fully saturated rings. The first-order chi connectivity index (χ1) is 12.7. The van der Waals surface area contributed by atoms with E-state index in [4.69, 9.17) is 33.0 Å².